The van der Waals surface area contributed by atoms with Crippen LogP contribution in [-0.2, 0) is 6.42 Å². The zero-order valence-corrected chi connectivity index (χ0v) is 11.8. The van der Waals surface area contributed by atoms with Crippen LogP contribution in [-0.4, -0.2) is 23.9 Å². The lowest BCUT2D eigenvalue weighted by Crippen LogP contribution is -2.31. The monoisotopic (exact) mass is 257 g/mol. The SMILES string of the molecule is CCCCCc1ccccc1C(=O)N1C[C@H]2C[C@H]2C1. The van der Waals surface area contributed by atoms with Crippen molar-refractivity contribution in [1.29, 1.82) is 0 Å². The van der Waals surface area contributed by atoms with E-state index in [1.807, 2.05) is 12.1 Å². The molecule has 1 heterocycles. The smallest absolute Gasteiger partial charge is 0.254 e. The van der Waals surface area contributed by atoms with Crippen molar-refractivity contribution < 1.29 is 4.79 Å². The first kappa shape index (κ1) is 12.7. The van der Waals surface area contributed by atoms with E-state index in [-0.39, 0.29) is 5.91 Å². The van der Waals surface area contributed by atoms with Gasteiger partial charge in [0.1, 0.15) is 0 Å². The van der Waals surface area contributed by atoms with Gasteiger partial charge in [-0.3, -0.25) is 4.79 Å². The van der Waals surface area contributed by atoms with Gasteiger partial charge in [0, 0.05) is 18.7 Å². The first-order valence-corrected chi connectivity index (χ1v) is 7.66. The Morgan fingerprint density at radius 2 is 1.95 bits per heavy atom. The highest BCUT2D eigenvalue weighted by Crippen LogP contribution is 2.45. The third kappa shape index (κ3) is 2.68. The summed E-state index contributed by atoms with van der Waals surface area (Å²) in [7, 11) is 0. The first-order chi connectivity index (χ1) is 9.29. The highest BCUT2D eigenvalue weighted by molar-refractivity contribution is 5.96. The normalized spacial score (nSPS) is 24.4. The summed E-state index contributed by atoms with van der Waals surface area (Å²) < 4.78 is 0. The van der Waals surface area contributed by atoms with Crippen LogP contribution >= 0.6 is 0 Å². The van der Waals surface area contributed by atoms with Gasteiger partial charge in [-0.15, -0.1) is 0 Å². The van der Waals surface area contributed by atoms with Gasteiger partial charge in [-0.1, -0.05) is 38.0 Å². The van der Waals surface area contributed by atoms with Crippen molar-refractivity contribution in [3.63, 3.8) is 0 Å². The van der Waals surface area contributed by atoms with Gasteiger partial charge in [0.15, 0.2) is 0 Å². The second kappa shape index (κ2) is 5.36. The number of nitrogens with zero attached hydrogens (tertiary/aromatic N) is 1. The number of carbonyl (C=O) groups is 1. The van der Waals surface area contributed by atoms with Crippen LogP contribution in [0.3, 0.4) is 0 Å². The van der Waals surface area contributed by atoms with Gasteiger partial charge in [0.25, 0.3) is 5.91 Å². The molecule has 102 valence electrons. The largest absolute Gasteiger partial charge is 0.338 e. The number of hydrogen-bond acceptors (Lipinski definition) is 1. The molecule has 1 aromatic rings. The lowest BCUT2D eigenvalue weighted by molar-refractivity contribution is 0.0774. The van der Waals surface area contributed by atoms with E-state index in [4.69, 9.17) is 0 Å². The topological polar surface area (TPSA) is 20.3 Å². The van der Waals surface area contributed by atoms with Crippen LogP contribution < -0.4 is 0 Å². The summed E-state index contributed by atoms with van der Waals surface area (Å²) in [6, 6.07) is 8.18. The van der Waals surface area contributed by atoms with Crippen molar-refractivity contribution in [2.24, 2.45) is 11.8 Å². The molecular formula is C17H23NO. The number of aryl methyl sites for hydroxylation is 1. The Balaban J connectivity index is 1.70. The van der Waals surface area contributed by atoms with Crippen LogP contribution in [0.5, 0.6) is 0 Å². The molecule has 1 amide bonds. The molecule has 0 spiro atoms. The van der Waals surface area contributed by atoms with E-state index in [1.165, 1.54) is 31.2 Å². The molecule has 2 fully saturated rings. The number of amides is 1. The maximum atomic E-state index is 12.6. The number of fused-ring (bicyclic) bond motifs is 1. The Kier molecular flexibility index (Phi) is 3.58. The minimum atomic E-state index is 0.263. The van der Waals surface area contributed by atoms with Crippen molar-refractivity contribution in [3.8, 4) is 0 Å². The second-order valence-corrected chi connectivity index (χ2v) is 6.08. The van der Waals surface area contributed by atoms with Gasteiger partial charge in [0.2, 0.25) is 0 Å². The van der Waals surface area contributed by atoms with E-state index in [9.17, 15) is 4.79 Å². The molecule has 0 N–H and O–H groups in total. The van der Waals surface area contributed by atoms with Crippen molar-refractivity contribution >= 4 is 5.91 Å². The van der Waals surface area contributed by atoms with Crippen LogP contribution in [0.15, 0.2) is 24.3 Å². The van der Waals surface area contributed by atoms with Gasteiger partial charge in [0.05, 0.1) is 0 Å². The molecule has 0 radical (unpaired) electrons. The first-order valence-electron chi connectivity index (χ1n) is 7.66. The molecule has 2 heteroatoms. The number of carbonyl (C=O) groups excluding carboxylic acids is 1. The fraction of sp³-hybridized carbons (Fsp3) is 0.588. The standard InChI is InChI=1S/C17H23NO/c1-2-3-4-7-13-8-5-6-9-16(13)17(19)18-11-14-10-15(14)12-18/h5-6,8-9,14-15H,2-4,7,10-12H2,1H3/t14-,15+. The molecule has 1 saturated heterocycles. The molecule has 2 aliphatic rings. The molecule has 19 heavy (non-hydrogen) atoms. The average molecular weight is 257 g/mol. The number of hydrogen-bond donors (Lipinski definition) is 0. The lowest BCUT2D eigenvalue weighted by atomic mass is 10.0. The molecule has 1 saturated carbocycles. The van der Waals surface area contributed by atoms with Gasteiger partial charge < -0.3 is 4.90 Å². The fourth-order valence-corrected chi connectivity index (χ4v) is 3.25. The van der Waals surface area contributed by atoms with Crippen molar-refractivity contribution in [3.05, 3.63) is 35.4 Å². The number of piperidine rings is 1. The lowest BCUT2D eigenvalue weighted by Gasteiger charge is -2.19. The van der Waals surface area contributed by atoms with E-state index in [2.05, 4.69) is 24.0 Å². The molecule has 0 aromatic heterocycles. The Morgan fingerprint density at radius 3 is 2.68 bits per heavy atom. The molecule has 2 atom stereocenters. The van der Waals surface area contributed by atoms with Crippen LogP contribution in [0.1, 0.15) is 48.5 Å². The molecule has 0 unspecified atom stereocenters. The predicted molar refractivity (Wildman–Crippen MR) is 77.2 cm³/mol. The Bertz CT molecular complexity index is 458. The highest BCUT2D eigenvalue weighted by Gasteiger charge is 2.46. The van der Waals surface area contributed by atoms with Crippen molar-refractivity contribution in [2.75, 3.05) is 13.1 Å². The van der Waals surface area contributed by atoms with Crippen LogP contribution in [0.2, 0.25) is 0 Å². The molecule has 1 aromatic carbocycles. The summed E-state index contributed by atoms with van der Waals surface area (Å²) in [6.07, 6.45) is 6.05. The van der Waals surface area contributed by atoms with Gasteiger partial charge in [-0.2, -0.15) is 0 Å². The van der Waals surface area contributed by atoms with Gasteiger partial charge in [-0.25, -0.2) is 0 Å². The third-order valence-electron chi connectivity index (χ3n) is 4.56. The maximum Gasteiger partial charge on any atom is 0.254 e. The maximum absolute atomic E-state index is 12.6. The van der Waals surface area contributed by atoms with E-state index in [0.29, 0.717) is 0 Å². The van der Waals surface area contributed by atoms with E-state index in [0.717, 1.165) is 36.9 Å². The Labute approximate surface area is 115 Å². The van der Waals surface area contributed by atoms with Crippen molar-refractivity contribution in [1.82, 2.24) is 4.90 Å². The van der Waals surface area contributed by atoms with E-state index >= 15 is 0 Å². The summed E-state index contributed by atoms with van der Waals surface area (Å²) in [6.45, 7) is 4.20. The average Bonchev–Trinajstić information content (AvgIpc) is 3.05. The minimum Gasteiger partial charge on any atom is -0.338 e. The molecule has 0 bridgehead atoms. The second-order valence-electron chi connectivity index (χ2n) is 6.08. The molecular weight excluding hydrogens is 234 g/mol. The minimum absolute atomic E-state index is 0.263. The zero-order valence-electron chi connectivity index (χ0n) is 11.8. The Morgan fingerprint density at radius 1 is 1.21 bits per heavy atom. The summed E-state index contributed by atoms with van der Waals surface area (Å²) in [5.41, 5.74) is 2.18. The van der Waals surface area contributed by atoms with Gasteiger partial charge in [-0.05, 0) is 42.7 Å². The fourth-order valence-electron chi connectivity index (χ4n) is 3.25. The third-order valence-corrected chi connectivity index (χ3v) is 4.56. The van der Waals surface area contributed by atoms with Crippen LogP contribution in [0, 0.1) is 11.8 Å². The Hall–Kier alpha value is -1.31. The van der Waals surface area contributed by atoms with E-state index in [1.54, 1.807) is 0 Å². The van der Waals surface area contributed by atoms with Crippen molar-refractivity contribution in [2.45, 2.75) is 39.0 Å². The summed E-state index contributed by atoms with van der Waals surface area (Å²) in [5.74, 6) is 1.90. The number of likely N-dealkylation sites (tertiary alicyclic amines) is 1. The number of benzene rings is 1. The number of rotatable bonds is 5. The summed E-state index contributed by atoms with van der Waals surface area (Å²) in [5, 5.41) is 0. The summed E-state index contributed by atoms with van der Waals surface area (Å²) in [4.78, 5) is 14.7. The van der Waals surface area contributed by atoms with Crippen LogP contribution in [0.4, 0.5) is 0 Å². The van der Waals surface area contributed by atoms with E-state index < -0.39 is 0 Å². The van der Waals surface area contributed by atoms with Crippen LogP contribution in [0.25, 0.3) is 0 Å². The predicted octanol–water partition coefficient (Wildman–Crippen LogP) is 3.51. The molecule has 3 rings (SSSR count). The van der Waals surface area contributed by atoms with Gasteiger partial charge >= 0.3 is 0 Å². The quantitative estimate of drug-likeness (QED) is 0.739. The number of unbranched alkanes of at least 4 members (excludes halogenated alkanes) is 2. The summed E-state index contributed by atoms with van der Waals surface area (Å²) >= 11 is 0. The molecule has 1 aliphatic heterocycles. The molecule has 1 aliphatic carbocycles. The highest BCUT2D eigenvalue weighted by atomic mass is 16.2. The zero-order chi connectivity index (χ0) is 13.2. The molecule has 2 nitrogen and oxygen atoms in total.